The molecule has 0 unspecified atom stereocenters. The summed E-state index contributed by atoms with van der Waals surface area (Å²) in [7, 11) is 1.56. The average Bonchev–Trinajstić information content (AvgIpc) is 2.91. The van der Waals surface area contributed by atoms with Gasteiger partial charge >= 0.3 is 0 Å². The molecule has 0 bridgehead atoms. The first kappa shape index (κ1) is 23.6. The highest BCUT2D eigenvalue weighted by Crippen LogP contribution is 2.30. The number of ether oxygens (including phenoxy) is 2. The molecular formula is C30H26N2O3. The van der Waals surface area contributed by atoms with E-state index in [1.165, 1.54) is 0 Å². The van der Waals surface area contributed by atoms with Crippen LogP contribution in [0.1, 0.15) is 16.7 Å². The van der Waals surface area contributed by atoms with Gasteiger partial charge in [-0.2, -0.15) is 5.26 Å². The Morgan fingerprint density at radius 3 is 2.51 bits per heavy atom. The number of amides is 1. The zero-order valence-corrected chi connectivity index (χ0v) is 19.5. The molecule has 0 heterocycles. The minimum atomic E-state index is -0.404. The summed E-state index contributed by atoms with van der Waals surface area (Å²) in [6, 6.07) is 31.5. The monoisotopic (exact) mass is 462 g/mol. The van der Waals surface area contributed by atoms with E-state index >= 15 is 0 Å². The maximum absolute atomic E-state index is 12.5. The highest BCUT2D eigenvalue weighted by molar-refractivity contribution is 6.01. The number of carbonyl (C=O) groups is 1. The van der Waals surface area contributed by atoms with Gasteiger partial charge in [0, 0.05) is 6.54 Å². The Balaban J connectivity index is 1.43. The zero-order valence-electron chi connectivity index (χ0n) is 19.5. The van der Waals surface area contributed by atoms with Crippen LogP contribution in [0.15, 0.2) is 96.6 Å². The summed E-state index contributed by atoms with van der Waals surface area (Å²) in [5.41, 5.74) is 2.91. The third-order valence-electron chi connectivity index (χ3n) is 5.67. The van der Waals surface area contributed by atoms with Crippen molar-refractivity contribution >= 4 is 22.8 Å². The Kier molecular flexibility index (Phi) is 7.77. The molecule has 0 aliphatic heterocycles. The Labute approximate surface area is 205 Å². The van der Waals surface area contributed by atoms with Gasteiger partial charge in [0.25, 0.3) is 5.91 Å². The van der Waals surface area contributed by atoms with Gasteiger partial charge in [-0.25, -0.2) is 0 Å². The number of nitriles is 1. The molecule has 0 atom stereocenters. The second-order valence-corrected chi connectivity index (χ2v) is 8.00. The lowest BCUT2D eigenvalue weighted by molar-refractivity contribution is -0.117. The predicted molar refractivity (Wildman–Crippen MR) is 138 cm³/mol. The van der Waals surface area contributed by atoms with Crippen molar-refractivity contribution in [2.24, 2.45) is 0 Å². The first-order chi connectivity index (χ1) is 17.2. The third kappa shape index (κ3) is 6.07. The van der Waals surface area contributed by atoms with Crippen LogP contribution >= 0.6 is 0 Å². The Bertz CT molecular complexity index is 1380. The van der Waals surface area contributed by atoms with Gasteiger partial charge in [0.2, 0.25) is 0 Å². The summed E-state index contributed by atoms with van der Waals surface area (Å²) in [6.45, 7) is 0.840. The highest BCUT2D eigenvalue weighted by Gasteiger charge is 2.11. The third-order valence-corrected chi connectivity index (χ3v) is 5.67. The maximum atomic E-state index is 12.5. The summed E-state index contributed by atoms with van der Waals surface area (Å²) < 4.78 is 11.6. The first-order valence-corrected chi connectivity index (χ1v) is 11.4. The first-order valence-electron chi connectivity index (χ1n) is 11.4. The molecule has 4 rings (SSSR count). The molecule has 0 radical (unpaired) electrons. The largest absolute Gasteiger partial charge is 0.493 e. The van der Waals surface area contributed by atoms with Crippen molar-refractivity contribution in [3.05, 3.63) is 113 Å². The smallest absolute Gasteiger partial charge is 0.261 e. The number of nitrogens with zero attached hydrogens (tertiary/aromatic N) is 1. The average molecular weight is 463 g/mol. The van der Waals surface area contributed by atoms with Crippen molar-refractivity contribution in [1.29, 1.82) is 5.26 Å². The van der Waals surface area contributed by atoms with Gasteiger partial charge in [-0.15, -0.1) is 0 Å². The van der Waals surface area contributed by atoms with E-state index in [1.54, 1.807) is 31.4 Å². The summed E-state index contributed by atoms with van der Waals surface area (Å²) in [4.78, 5) is 12.5. The SMILES string of the molecule is COc1cc(/C=C(\C#N)C(=O)NCCc2ccccc2)ccc1OCc1cccc2ccccc12. The molecule has 0 saturated heterocycles. The van der Waals surface area contributed by atoms with Crippen LogP contribution in [0.2, 0.25) is 0 Å². The van der Waals surface area contributed by atoms with Crippen LogP contribution in [0, 0.1) is 11.3 Å². The second-order valence-electron chi connectivity index (χ2n) is 8.00. The Morgan fingerprint density at radius 1 is 0.943 bits per heavy atom. The number of methoxy groups -OCH3 is 1. The van der Waals surface area contributed by atoms with Crippen LogP contribution in [0.3, 0.4) is 0 Å². The number of fused-ring (bicyclic) bond motifs is 1. The summed E-state index contributed by atoms with van der Waals surface area (Å²) in [6.07, 6.45) is 2.25. The topological polar surface area (TPSA) is 71.3 Å². The Hall–Kier alpha value is -4.56. The molecule has 0 aromatic heterocycles. The maximum Gasteiger partial charge on any atom is 0.261 e. The molecule has 0 aliphatic rings. The fourth-order valence-corrected chi connectivity index (χ4v) is 3.84. The molecule has 0 spiro atoms. The van der Waals surface area contributed by atoms with Crippen LogP contribution in [0.25, 0.3) is 16.8 Å². The number of hydrogen-bond donors (Lipinski definition) is 1. The quantitative estimate of drug-likeness (QED) is 0.256. The predicted octanol–water partition coefficient (Wildman–Crippen LogP) is 5.69. The molecule has 35 heavy (non-hydrogen) atoms. The van der Waals surface area contributed by atoms with Crippen molar-refractivity contribution in [2.75, 3.05) is 13.7 Å². The van der Waals surface area contributed by atoms with Crippen molar-refractivity contribution in [2.45, 2.75) is 13.0 Å². The molecule has 4 aromatic carbocycles. The van der Waals surface area contributed by atoms with Crippen molar-refractivity contribution in [1.82, 2.24) is 5.32 Å². The zero-order chi connectivity index (χ0) is 24.5. The van der Waals surface area contributed by atoms with Gasteiger partial charge in [0.15, 0.2) is 11.5 Å². The van der Waals surface area contributed by atoms with Gasteiger partial charge in [-0.05, 0) is 52.1 Å². The van der Waals surface area contributed by atoms with Crippen LogP contribution < -0.4 is 14.8 Å². The minimum absolute atomic E-state index is 0.0320. The van der Waals surface area contributed by atoms with Crippen LogP contribution in [0.5, 0.6) is 11.5 Å². The minimum Gasteiger partial charge on any atom is -0.493 e. The number of rotatable bonds is 9. The van der Waals surface area contributed by atoms with Gasteiger partial charge in [0.05, 0.1) is 7.11 Å². The molecule has 0 fully saturated rings. The molecule has 5 nitrogen and oxygen atoms in total. The standard InChI is InChI=1S/C30H26N2O3/c1-34-29-19-23(18-26(20-31)30(33)32-17-16-22-8-3-2-4-9-22)14-15-28(29)35-21-25-12-7-11-24-10-5-6-13-27(24)25/h2-15,18-19H,16-17,21H2,1H3,(H,32,33)/b26-18+. The highest BCUT2D eigenvalue weighted by atomic mass is 16.5. The van der Waals surface area contributed by atoms with Crippen LogP contribution in [-0.4, -0.2) is 19.6 Å². The lowest BCUT2D eigenvalue weighted by Crippen LogP contribution is -2.26. The van der Waals surface area contributed by atoms with E-state index < -0.39 is 5.91 Å². The molecule has 1 amide bonds. The van der Waals surface area contributed by atoms with E-state index in [0.29, 0.717) is 36.6 Å². The molecule has 4 aromatic rings. The van der Waals surface area contributed by atoms with E-state index in [0.717, 1.165) is 21.9 Å². The van der Waals surface area contributed by atoms with E-state index in [2.05, 4.69) is 23.5 Å². The normalized spacial score (nSPS) is 11.0. The van der Waals surface area contributed by atoms with Gasteiger partial charge in [0.1, 0.15) is 18.2 Å². The number of benzene rings is 4. The van der Waals surface area contributed by atoms with E-state index in [1.807, 2.05) is 60.7 Å². The van der Waals surface area contributed by atoms with Crippen LogP contribution in [-0.2, 0) is 17.8 Å². The Morgan fingerprint density at radius 2 is 1.71 bits per heavy atom. The fourth-order valence-electron chi connectivity index (χ4n) is 3.84. The molecule has 1 N–H and O–H groups in total. The number of hydrogen-bond acceptors (Lipinski definition) is 4. The number of nitrogens with one attached hydrogen (secondary N) is 1. The van der Waals surface area contributed by atoms with E-state index in [-0.39, 0.29) is 5.57 Å². The van der Waals surface area contributed by atoms with Crippen LogP contribution in [0.4, 0.5) is 0 Å². The van der Waals surface area contributed by atoms with E-state index in [9.17, 15) is 10.1 Å². The molecular weight excluding hydrogens is 436 g/mol. The van der Waals surface area contributed by atoms with Gasteiger partial charge in [-0.3, -0.25) is 4.79 Å². The number of carbonyl (C=O) groups excluding carboxylic acids is 1. The summed E-state index contributed by atoms with van der Waals surface area (Å²) >= 11 is 0. The van der Waals surface area contributed by atoms with Crippen molar-refractivity contribution in [3.63, 3.8) is 0 Å². The van der Waals surface area contributed by atoms with E-state index in [4.69, 9.17) is 9.47 Å². The summed E-state index contributed by atoms with van der Waals surface area (Å²) in [5, 5.41) is 14.6. The summed E-state index contributed by atoms with van der Waals surface area (Å²) in [5.74, 6) is 0.711. The van der Waals surface area contributed by atoms with Gasteiger partial charge < -0.3 is 14.8 Å². The molecule has 5 heteroatoms. The van der Waals surface area contributed by atoms with Crippen molar-refractivity contribution < 1.29 is 14.3 Å². The lowest BCUT2D eigenvalue weighted by atomic mass is 10.1. The van der Waals surface area contributed by atoms with Gasteiger partial charge in [-0.1, -0.05) is 78.9 Å². The molecule has 0 saturated carbocycles. The lowest BCUT2D eigenvalue weighted by Gasteiger charge is -2.13. The second kappa shape index (κ2) is 11.5. The van der Waals surface area contributed by atoms with Crippen molar-refractivity contribution in [3.8, 4) is 17.6 Å². The molecule has 174 valence electrons. The fraction of sp³-hybridized carbons (Fsp3) is 0.133. The molecule has 0 aliphatic carbocycles.